The number of ether oxygens (including phenoxy) is 3. The van der Waals surface area contributed by atoms with Gasteiger partial charge in [0.05, 0.1) is 7.11 Å². The molecule has 0 radical (unpaired) electrons. The Balaban J connectivity index is 1.44. The molecular weight excluding hydrogens is 544 g/mol. The summed E-state index contributed by atoms with van der Waals surface area (Å²) in [5.74, 6) is -2.46. The van der Waals surface area contributed by atoms with E-state index >= 15 is 0 Å². The van der Waals surface area contributed by atoms with Gasteiger partial charge in [-0.05, 0) is 23.8 Å². The molecule has 40 heavy (non-hydrogen) atoms. The van der Waals surface area contributed by atoms with Gasteiger partial charge < -0.3 is 30.0 Å². The molecule has 1 aromatic carbocycles. The molecule has 3 amide bonds. The number of carbonyl (C=O) groups is 5. The van der Waals surface area contributed by atoms with Crippen LogP contribution >= 0.6 is 11.8 Å². The van der Waals surface area contributed by atoms with Gasteiger partial charge in [-0.1, -0.05) is 18.2 Å². The van der Waals surface area contributed by atoms with Crippen LogP contribution in [0, 0.1) is 0 Å². The number of amides is 3. The van der Waals surface area contributed by atoms with E-state index in [9.17, 15) is 29.1 Å². The van der Waals surface area contributed by atoms with Gasteiger partial charge in [-0.15, -0.1) is 11.8 Å². The number of rotatable bonds is 10. The highest BCUT2D eigenvalue weighted by Crippen LogP contribution is 2.40. The third-order valence-electron chi connectivity index (χ3n) is 6.07. The molecule has 0 saturated carbocycles. The van der Waals surface area contributed by atoms with Gasteiger partial charge in [0.2, 0.25) is 5.91 Å². The van der Waals surface area contributed by atoms with Crippen LogP contribution in [0.4, 0.5) is 4.79 Å². The van der Waals surface area contributed by atoms with Crippen LogP contribution in [-0.2, 0) is 35.3 Å². The van der Waals surface area contributed by atoms with Crippen LogP contribution in [0.1, 0.15) is 24.1 Å². The van der Waals surface area contributed by atoms with E-state index in [1.54, 1.807) is 36.4 Å². The minimum atomic E-state index is -1.35. The minimum Gasteiger partial charge on any atom is -0.497 e. The molecule has 0 bridgehead atoms. The summed E-state index contributed by atoms with van der Waals surface area (Å²) in [7, 11) is 1.54. The second kappa shape index (κ2) is 12.5. The van der Waals surface area contributed by atoms with E-state index in [4.69, 9.17) is 14.2 Å². The number of nitrogens with one attached hydrogen (secondary N) is 2. The molecule has 1 aromatic heterocycles. The number of fused-ring (bicyclic) bond motifs is 1. The monoisotopic (exact) mass is 570 g/mol. The molecule has 2 aliphatic rings. The Morgan fingerprint density at radius 2 is 1.90 bits per heavy atom. The van der Waals surface area contributed by atoms with Crippen molar-refractivity contribution in [3.63, 3.8) is 0 Å². The predicted molar refractivity (Wildman–Crippen MR) is 140 cm³/mol. The third kappa shape index (κ3) is 6.34. The van der Waals surface area contributed by atoms with E-state index in [1.165, 1.54) is 38.2 Å². The molecule has 2 aromatic rings. The van der Waals surface area contributed by atoms with E-state index in [1.807, 2.05) is 0 Å². The van der Waals surface area contributed by atoms with Gasteiger partial charge >= 0.3 is 18.0 Å². The van der Waals surface area contributed by atoms with Gasteiger partial charge in [-0.2, -0.15) is 0 Å². The maximum atomic E-state index is 13.3. The van der Waals surface area contributed by atoms with Gasteiger partial charge in [0.1, 0.15) is 42.1 Å². The van der Waals surface area contributed by atoms with Gasteiger partial charge in [-0.3, -0.25) is 24.3 Å². The van der Waals surface area contributed by atoms with Gasteiger partial charge in [0.15, 0.2) is 0 Å². The van der Waals surface area contributed by atoms with Crippen molar-refractivity contribution in [2.75, 3.05) is 19.5 Å². The normalized spacial score (nSPS) is 18.6. The summed E-state index contributed by atoms with van der Waals surface area (Å²) in [6, 6.07) is 7.76. The van der Waals surface area contributed by atoms with E-state index in [0.717, 1.165) is 4.90 Å². The summed E-state index contributed by atoms with van der Waals surface area (Å²) in [6.07, 6.45) is 2.02. The van der Waals surface area contributed by atoms with Gasteiger partial charge in [-0.25, -0.2) is 9.59 Å². The Morgan fingerprint density at radius 3 is 2.52 bits per heavy atom. The van der Waals surface area contributed by atoms with Crippen molar-refractivity contribution >= 4 is 41.6 Å². The van der Waals surface area contributed by atoms with Crippen molar-refractivity contribution in [1.82, 2.24) is 20.5 Å². The summed E-state index contributed by atoms with van der Waals surface area (Å²) in [5, 5.41) is 14.1. The van der Waals surface area contributed by atoms with Crippen molar-refractivity contribution in [3.8, 4) is 5.75 Å². The number of carbonyl (C=O) groups excluding carboxylic acids is 4. The third-order valence-corrected chi connectivity index (χ3v) is 7.41. The highest BCUT2D eigenvalue weighted by molar-refractivity contribution is 8.00. The fourth-order valence-corrected chi connectivity index (χ4v) is 5.42. The van der Waals surface area contributed by atoms with Crippen LogP contribution < -0.4 is 15.4 Å². The van der Waals surface area contributed by atoms with Crippen LogP contribution in [0.5, 0.6) is 5.75 Å². The molecule has 3 heterocycles. The summed E-state index contributed by atoms with van der Waals surface area (Å²) in [5.41, 5.74) is 1.04. The molecule has 0 aliphatic carbocycles. The predicted octanol–water partition coefficient (Wildman–Crippen LogP) is 1.36. The van der Waals surface area contributed by atoms with Gasteiger partial charge in [0.25, 0.3) is 5.91 Å². The number of thioether (sulfide) groups is 1. The Labute approximate surface area is 232 Å². The lowest BCUT2D eigenvalue weighted by Gasteiger charge is -2.49. The SMILES string of the molecule is COc1ccc(COC(=O)NC(C(=O)N[C@H]2C(=O)N3C(C(=O)O)=C(COC(C)=O)CSC23)c2cccnc2)cc1. The number of esters is 1. The lowest BCUT2D eigenvalue weighted by Crippen LogP contribution is -2.71. The first-order valence-corrected chi connectivity index (χ1v) is 13.0. The van der Waals surface area contributed by atoms with Crippen LogP contribution in [0.2, 0.25) is 0 Å². The fourth-order valence-electron chi connectivity index (χ4n) is 4.10. The largest absolute Gasteiger partial charge is 0.497 e. The molecule has 4 rings (SSSR count). The Hall–Kier alpha value is -4.59. The zero-order chi connectivity index (χ0) is 28.8. The van der Waals surface area contributed by atoms with Crippen molar-refractivity contribution < 1.29 is 43.3 Å². The average Bonchev–Trinajstić information content (AvgIpc) is 2.96. The van der Waals surface area contributed by atoms with E-state index in [0.29, 0.717) is 16.9 Å². The second-order valence-electron chi connectivity index (χ2n) is 8.72. The number of pyridine rings is 1. The average molecular weight is 571 g/mol. The first-order valence-electron chi connectivity index (χ1n) is 12.0. The Morgan fingerprint density at radius 1 is 1.15 bits per heavy atom. The lowest BCUT2D eigenvalue weighted by molar-refractivity contribution is -0.151. The summed E-state index contributed by atoms with van der Waals surface area (Å²) < 4.78 is 15.3. The van der Waals surface area contributed by atoms with Gasteiger partial charge in [0, 0.05) is 36.2 Å². The number of aromatic nitrogens is 1. The standard InChI is InChI=1S/C26H26N4O9S/c1-14(31)38-12-17-13-40-24-20(23(33)30(24)21(17)25(34)35)28-22(32)19(16-4-3-9-27-10-16)29-26(36)39-11-15-5-7-18(37-2)8-6-15/h3-10,19-20,24H,11-13H2,1-2H3,(H,28,32)(H,29,36)(H,34,35)/t19?,20-,24?/m0/s1. The highest BCUT2D eigenvalue weighted by atomic mass is 32.2. The molecule has 2 aliphatic heterocycles. The molecule has 14 heteroatoms. The minimum absolute atomic E-state index is 0.0635. The number of hydrogen-bond acceptors (Lipinski definition) is 10. The molecule has 1 saturated heterocycles. The second-order valence-corrected chi connectivity index (χ2v) is 9.83. The molecule has 2 unspecified atom stereocenters. The zero-order valence-electron chi connectivity index (χ0n) is 21.5. The van der Waals surface area contributed by atoms with Crippen molar-refractivity contribution in [2.24, 2.45) is 0 Å². The number of benzene rings is 1. The Bertz CT molecular complexity index is 1330. The molecule has 13 nitrogen and oxygen atoms in total. The summed E-state index contributed by atoms with van der Waals surface area (Å²) in [6.45, 7) is 0.872. The maximum absolute atomic E-state index is 13.3. The van der Waals surface area contributed by atoms with E-state index < -0.39 is 47.3 Å². The Kier molecular flexibility index (Phi) is 8.89. The number of aliphatic carboxylic acids is 1. The van der Waals surface area contributed by atoms with Crippen LogP contribution in [-0.4, -0.2) is 75.7 Å². The molecular formula is C26H26N4O9S. The van der Waals surface area contributed by atoms with Crippen LogP contribution in [0.15, 0.2) is 60.1 Å². The first-order chi connectivity index (χ1) is 19.2. The molecule has 3 N–H and O–H groups in total. The number of carboxylic acids is 1. The number of nitrogens with zero attached hydrogens (tertiary/aromatic N) is 2. The number of carboxylic acid groups (broad SMARTS) is 1. The summed E-state index contributed by atoms with van der Waals surface area (Å²) in [4.78, 5) is 67.1. The maximum Gasteiger partial charge on any atom is 0.408 e. The first kappa shape index (κ1) is 28.4. The van der Waals surface area contributed by atoms with E-state index in [2.05, 4.69) is 15.6 Å². The number of alkyl carbamates (subject to hydrolysis) is 1. The number of β-lactam (4-membered cyclic amide) rings is 1. The number of methoxy groups -OCH3 is 1. The molecule has 3 atom stereocenters. The summed E-state index contributed by atoms with van der Waals surface area (Å²) >= 11 is 1.22. The molecule has 0 spiro atoms. The molecule has 210 valence electrons. The van der Waals surface area contributed by atoms with Crippen molar-refractivity contribution in [1.29, 1.82) is 0 Å². The van der Waals surface area contributed by atoms with Crippen molar-refractivity contribution in [2.45, 2.75) is 31.0 Å². The van der Waals surface area contributed by atoms with Crippen LogP contribution in [0.25, 0.3) is 0 Å². The fraction of sp³-hybridized carbons (Fsp3) is 0.308. The molecule has 1 fully saturated rings. The van der Waals surface area contributed by atoms with E-state index in [-0.39, 0.29) is 30.2 Å². The highest BCUT2D eigenvalue weighted by Gasteiger charge is 2.54. The van der Waals surface area contributed by atoms with Crippen molar-refractivity contribution in [3.05, 3.63) is 71.2 Å². The van der Waals surface area contributed by atoms with Crippen LogP contribution in [0.3, 0.4) is 0 Å². The smallest absolute Gasteiger partial charge is 0.408 e. The lowest BCUT2D eigenvalue weighted by atomic mass is 10.0. The zero-order valence-corrected chi connectivity index (χ0v) is 22.3. The quantitative estimate of drug-likeness (QED) is 0.278. The number of hydrogen-bond donors (Lipinski definition) is 3. The topological polar surface area (TPSA) is 173 Å².